The van der Waals surface area contributed by atoms with Gasteiger partial charge in [0, 0.05) is 5.69 Å². The Hall–Kier alpha value is -2.20. The zero-order valence-corrected chi connectivity index (χ0v) is 12.3. The maximum absolute atomic E-state index is 9.73. The first-order valence-corrected chi connectivity index (χ1v) is 7.03. The largest absolute Gasteiger partial charge is 0.504 e. The Morgan fingerprint density at radius 1 is 1.14 bits per heavy atom. The molecule has 0 aliphatic rings. The van der Waals surface area contributed by atoms with E-state index in [2.05, 4.69) is 5.32 Å². The van der Waals surface area contributed by atoms with Crippen molar-refractivity contribution in [3.05, 3.63) is 53.6 Å². The Labute approximate surface area is 125 Å². The summed E-state index contributed by atoms with van der Waals surface area (Å²) in [6, 6.07) is 12.8. The predicted octanol–water partition coefficient (Wildman–Crippen LogP) is 3.24. The van der Waals surface area contributed by atoms with E-state index in [1.54, 1.807) is 18.2 Å². The van der Waals surface area contributed by atoms with Crippen LogP contribution in [0.25, 0.3) is 0 Å². The first-order valence-electron chi connectivity index (χ1n) is 7.03. The van der Waals surface area contributed by atoms with E-state index in [4.69, 9.17) is 4.74 Å². The van der Waals surface area contributed by atoms with Gasteiger partial charge in [-0.05, 0) is 43.7 Å². The third-order valence-corrected chi connectivity index (χ3v) is 3.26. The normalized spacial score (nSPS) is 12.0. The van der Waals surface area contributed by atoms with E-state index in [0.29, 0.717) is 12.4 Å². The van der Waals surface area contributed by atoms with Crippen LogP contribution in [0.5, 0.6) is 11.5 Å². The van der Waals surface area contributed by atoms with Crippen molar-refractivity contribution in [2.75, 3.05) is 18.5 Å². The van der Waals surface area contributed by atoms with Crippen molar-refractivity contribution < 1.29 is 14.9 Å². The molecule has 0 bridgehead atoms. The van der Waals surface area contributed by atoms with Gasteiger partial charge in [0.2, 0.25) is 0 Å². The second-order valence-electron chi connectivity index (χ2n) is 4.91. The molecule has 0 amide bonds. The maximum Gasteiger partial charge on any atom is 0.161 e. The lowest BCUT2D eigenvalue weighted by atomic mass is 10.1. The van der Waals surface area contributed by atoms with Gasteiger partial charge >= 0.3 is 0 Å². The van der Waals surface area contributed by atoms with E-state index in [1.807, 2.05) is 38.1 Å². The minimum atomic E-state index is -0.257. The van der Waals surface area contributed by atoms with Crippen LogP contribution in [0.15, 0.2) is 42.5 Å². The molecule has 21 heavy (non-hydrogen) atoms. The Morgan fingerprint density at radius 2 is 1.86 bits per heavy atom. The SMILES string of the molecule is CCOc1cc(C(CO)Nc2ccc(C)cc2)ccc1O. The molecular formula is C17H21NO3. The van der Waals surface area contributed by atoms with Crippen LogP contribution in [-0.4, -0.2) is 23.4 Å². The fourth-order valence-corrected chi connectivity index (χ4v) is 2.10. The smallest absolute Gasteiger partial charge is 0.161 e. The minimum Gasteiger partial charge on any atom is -0.504 e. The van der Waals surface area contributed by atoms with Crippen LogP contribution in [0.2, 0.25) is 0 Å². The molecule has 0 spiro atoms. The second kappa shape index (κ2) is 6.99. The number of aliphatic hydroxyl groups excluding tert-OH is 1. The lowest BCUT2D eigenvalue weighted by molar-refractivity contribution is 0.275. The van der Waals surface area contributed by atoms with Crippen LogP contribution in [0, 0.1) is 6.92 Å². The molecule has 4 nitrogen and oxygen atoms in total. The van der Waals surface area contributed by atoms with E-state index in [-0.39, 0.29) is 18.4 Å². The molecule has 0 saturated heterocycles. The third kappa shape index (κ3) is 3.89. The second-order valence-corrected chi connectivity index (χ2v) is 4.91. The van der Waals surface area contributed by atoms with E-state index in [9.17, 15) is 10.2 Å². The van der Waals surface area contributed by atoms with Crippen molar-refractivity contribution >= 4 is 5.69 Å². The molecule has 0 fully saturated rings. The highest BCUT2D eigenvalue weighted by Crippen LogP contribution is 2.30. The summed E-state index contributed by atoms with van der Waals surface area (Å²) in [4.78, 5) is 0. The highest BCUT2D eigenvalue weighted by Gasteiger charge is 2.13. The van der Waals surface area contributed by atoms with Gasteiger partial charge in [0.05, 0.1) is 19.3 Å². The van der Waals surface area contributed by atoms with Crippen molar-refractivity contribution in [2.45, 2.75) is 19.9 Å². The number of hydrogen-bond acceptors (Lipinski definition) is 4. The lowest BCUT2D eigenvalue weighted by Gasteiger charge is -2.19. The fourth-order valence-electron chi connectivity index (χ4n) is 2.10. The van der Waals surface area contributed by atoms with Gasteiger partial charge in [-0.15, -0.1) is 0 Å². The predicted molar refractivity (Wildman–Crippen MR) is 83.9 cm³/mol. The number of rotatable bonds is 6. The molecule has 0 aromatic heterocycles. The molecule has 112 valence electrons. The summed E-state index contributed by atoms with van der Waals surface area (Å²) >= 11 is 0. The van der Waals surface area contributed by atoms with Gasteiger partial charge in [-0.3, -0.25) is 0 Å². The van der Waals surface area contributed by atoms with Gasteiger partial charge in [0.1, 0.15) is 0 Å². The average molecular weight is 287 g/mol. The van der Waals surface area contributed by atoms with E-state index in [0.717, 1.165) is 11.3 Å². The van der Waals surface area contributed by atoms with Crippen molar-refractivity contribution in [3.8, 4) is 11.5 Å². The number of aliphatic hydroxyl groups is 1. The summed E-state index contributed by atoms with van der Waals surface area (Å²) in [5, 5.41) is 22.6. The summed E-state index contributed by atoms with van der Waals surface area (Å²) in [6.45, 7) is 4.32. The van der Waals surface area contributed by atoms with Crippen LogP contribution in [0.1, 0.15) is 24.1 Å². The number of benzene rings is 2. The summed E-state index contributed by atoms with van der Waals surface area (Å²) < 4.78 is 5.38. The molecule has 4 heteroatoms. The molecule has 0 heterocycles. The molecule has 2 rings (SSSR count). The maximum atomic E-state index is 9.73. The number of aryl methyl sites for hydroxylation is 1. The van der Waals surface area contributed by atoms with Gasteiger partial charge in [0.25, 0.3) is 0 Å². The number of ether oxygens (including phenoxy) is 1. The number of anilines is 1. The van der Waals surface area contributed by atoms with E-state index >= 15 is 0 Å². The summed E-state index contributed by atoms with van der Waals surface area (Å²) in [5.41, 5.74) is 2.98. The number of aromatic hydroxyl groups is 1. The van der Waals surface area contributed by atoms with Gasteiger partial charge in [-0.1, -0.05) is 23.8 Å². The molecule has 3 N–H and O–H groups in total. The van der Waals surface area contributed by atoms with Crippen LogP contribution >= 0.6 is 0 Å². The quantitative estimate of drug-likeness (QED) is 0.763. The van der Waals surface area contributed by atoms with Crippen LogP contribution in [0.4, 0.5) is 5.69 Å². The number of phenolic OH excluding ortho intramolecular Hbond substituents is 1. The Bertz CT molecular complexity index is 581. The average Bonchev–Trinajstić information content (AvgIpc) is 2.49. The Morgan fingerprint density at radius 3 is 2.48 bits per heavy atom. The highest BCUT2D eigenvalue weighted by molar-refractivity contribution is 5.49. The van der Waals surface area contributed by atoms with Gasteiger partial charge < -0.3 is 20.3 Å². The standard InChI is InChI=1S/C17H21NO3/c1-3-21-17-10-13(6-9-16(17)20)15(11-19)18-14-7-4-12(2)5-8-14/h4-10,15,18-20H,3,11H2,1-2H3. The highest BCUT2D eigenvalue weighted by atomic mass is 16.5. The molecular weight excluding hydrogens is 266 g/mol. The van der Waals surface area contributed by atoms with Gasteiger partial charge in [0.15, 0.2) is 11.5 Å². The molecule has 2 aromatic carbocycles. The Balaban J connectivity index is 2.20. The summed E-state index contributed by atoms with van der Waals surface area (Å²) in [7, 11) is 0. The van der Waals surface area contributed by atoms with Gasteiger partial charge in [-0.2, -0.15) is 0 Å². The zero-order valence-electron chi connectivity index (χ0n) is 12.3. The third-order valence-electron chi connectivity index (χ3n) is 3.26. The van der Waals surface area contributed by atoms with E-state index < -0.39 is 0 Å². The first-order chi connectivity index (χ1) is 10.1. The van der Waals surface area contributed by atoms with Crippen molar-refractivity contribution in [1.82, 2.24) is 0 Å². The summed E-state index contributed by atoms with van der Waals surface area (Å²) in [6.07, 6.45) is 0. The van der Waals surface area contributed by atoms with Gasteiger partial charge in [-0.25, -0.2) is 0 Å². The topological polar surface area (TPSA) is 61.7 Å². The molecule has 1 atom stereocenters. The molecule has 2 aromatic rings. The fraction of sp³-hybridized carbons (Fsp3) is 0.294. The molecule has 1 unspecified atom stereocenters. The first kappa shape index (κ1) is 15.2. The number of nitrogens with one attached hydrogen (secondary N) is 1. The molecule has 0 aliphatic carbocycles. The van der Waals surface area contributed by atoms with Crippen LogP contribution in [0.3, 0.4) is 0 Å². The molecule has 0 saturated carbocycles. The minimum absolute atomic E-state index is 0.0514. The number of phenols is 1. The van der Waals surface area contributed by atoms with Crippen LogP contribution < -0.4 is 10.1 Å². The number of hydrogen-bond donors (Lipinski definition) is 3. The van der Waals surface area contributed by atoms with Crippen molar-refractivity contribution in [2.24, 2.45) is 0 Å². The van der Waals surface area contributed by atoms with Crippen LogP contribution in [-0.2, 0) is 0 Å². The zero-order chi connectivity index (χ0) is 15.2. The molecule has 0 aliphatic heterocycles. The monoisotopic (exact) mass is 287 g/mol. The lowest BCUT2D eigenvalue weighted by Crippen LogP contribution is -2.15. The van der Waals surface area contributed by atoms with Crippen molar-refractivity contribution in [3.63, 3.8) is 0 Å². The van der Waals surface area contributed by atoms with Crippen molar-refractivity contribution in [1.29, 1.82) is 0 Å². The summed E-state index contributed by atoms with van der Waals surface area (Å²) in [5.74, 6) is 0.534. The molecule has 0 radical (unpaired) electrons. The Kier molecular flexibility index (Phi) is 5.06. The van der Waals surface area contributed by atoms with E-state index in [1.165, 1.54) is 5.56 Å².